The average Bonchev–Trinajstić information content (AvgIpc) is 2.47. The number of benzene rings is 1. The largest absolute Gasteiger partial charge is 0.481 e. The summed E-state index contributed by atoms with van der Waals surface area (Å²) in [6.07, 6.45) is 0.859. The van der Waals surface area contributed by atoms with Crippen molar-refractivity contribution in [2.24, 2.45) is 0 Å². The number of halogens is 1. The van der Waals surface area contributed by atoms with Crippen molar-refractivity contribution in [3.8, 4) is 0 Å². The van der Waals surface area contributed by atoms with E-state index in [1.807, 2.05) is 20.8 Å². The second kappa shape index (κ2) is 7.20. The number of aliphatic carboxylic acids is 1. The summed E-state index contributed by atoms with van der Waals surface area (Å²) >= 11 is 0. The lowest BCUT2D eigenvalue weighted by Gasteiger charge is -2.34. The molecule has 5 nitrogen and oxygen atoms in total. The number of nitrogens with zero attached hydrogens (tertiary/aromatic N) is 1. The Bertz CT molecular complexity index is 616. The molecule has 1 aromatic carbocycles. The van der Waals surface area contributed by atoms with Crippen molar-refractivity contribution >= 4 is 12.1 Å². The van der Waals surface area contributed by atoms with Crippen LogP contribution >= 0.6 is 0 Å². The number of carboxylic acid groups (broad SMARTS) is 1. The van der Waals surface area contributed by atoms with E-state index in [0.29, 0.717) is 31.5 Å². The fourth-order valence-electron chi connectivity index (χ4n) is 2.97. The highest BCUT2D eigenvalue weighted by Crippen LogP contribution is 2.32. The number of hydrogen-bond acceptors (Lipinski definition) is 3. The molecule has 1 N–H and O–H groups in total. The van der Waals surface area contributed by atoms with Crippen LogP contribution in [0.5, 0.6) is 0 Å². The Hall–Kier alpha value is -2.11. The smallest absolute Gasteiger partial charge is 0.410 e. The molecule has 0 saturated carbocycles. The summed E-state index contributed by atoms with van der Waals surface area (Å²) in [6, 6.07) is 4.25. The lowest BCUT2D eigenvalue weighted by atomic mass is 9.85. The second-order valence-electron chi connectivity index (χ2n) is 7.16. The summed E-state index contributed by atoms with van der Waals surface area (Å²) in [5.74, 6) is -1.25. The first kappa shape index (κ1) is 18.2. The van der Waals surface area contributed by atoms with Gasteiger partial charge in [-0.15, -0.1) is 0 Å². The zero-order chi connectivity index (χ0) is 17.9. The highest BCUT2D eigenvalue weighted by Gasteiger charge is 2.28. The van der Waals surface area contributed by atoms with E-state index in [-0.39, 0.29) is 24.2 Å². The van der Waals surface area contributed by atoms with E-state index in [4.69, 9.17) is 9.84 Å². The van der Waals surface area contributed by atoms with Gasteiger partial charge in [0.1, 0.15) is 11.4 Å². The first-order chi connectivity index (χ1) is 11.2. The molecular weight excluding hydrogens is 313 g/mol. The number of carboxylic acids is 1. The van der Waals surface area contributed by atoms with Crippen LogP contribution in [0, 0.1) is 5.82 Å². The fraction of sp³-hybridized carbons (Fsp3) is 0.556. The van der Waals surface area contributed by atoms with Crippen molar-refractivity contribution in [3.63, 3.8) is 0 Å². The van der Waals surface area contributed by atoms with Crippen LogP contribution in [0.3, 0.4) is 0 Å². The predicted molar refractivity (Wildman–Crippen MR) is 87.5 cm³/mol. The highest BCUT2D eigenvalue weighted by atomic mass is 19.1. The van der Waals surface area contributed by atoms with E-state index in [2.05, 4.69) is 0 Å². The van der Waals surface area contributed by atoms with Gasteiger partial charge >= 0.3 is 12.1 Å². The minimum atomic E-state index is -0.936. The molecule has 24 heavy (non-hydrogen) atoms. The van der Waals surface area contributed by atoms with Gasteiger partial charge in [0, 0.05) is 13.1 Å². The molecule has 0 unspecified atom stereocenters. The number of piperidine rings is 1. The Morgan fingerprint density at radius 3 is 2.46 bits per heavy atom. The number of likely N-dealkylation sites (tertiary alicyclic amines) is 1. The molecule has 0 aromatic heterocycles. The first-order valence-electron chi connectivity index (χ1n) is 8.14. The van der Waals surface area contributed by atoms with E-state index in [9.17, 15) is 14.0 Å². The normalized spacial score (nSPS) is 16.1. The average molecular weight is 337 g/mol. The first-order valence-corrected chi connectivity index (χ1v) is 8.14. The molecule has 1 saturated heterocycles. The lowest BCUT2D eigenvalue weighted by molar-refractivity contribution is -0.136. The van der Waals surface area contributed by atoms with E-state index < -0.39 is 11.6 Å². The van der Waals surface area contributed by atoms with E-state index in [1.54, 1.807) is 11.0 Å². The molecule has 2 rings (SSSR count). The number of hydrogen-bond donors (Lipinski definition) is 1. The maximum atomic E-state index is 13.6. The maximum absolute atomic E-state index is 13.6. The molecule has 132 valence electrons. The van der Waals surface area contributed by atoms with Gasteiger partial charge in [-0.25, -0.2) is 9.18 Å². The minimum Gasteiger partial charge on any atom is -0.481 e. The van der Waals surface area contributed by atoms with Crippen LogP contribution in [0.4, 0.5) is 9.18 Å². The molecule has 1 aliphatic rings. The maximum Gasteiger partial charge on any atom is 0.410 e. The highest BCUT2D eigenvalue weighted by molar-refractivity contribution is 5.71. The van der Waals surface area contributed by atoms with Crippen LogP contribution in [0.1, 0.15) is 50.7 Å². The summed E-state index contributed by atoms with van der Waals surface area (Å²) in [5, 5.41) is 9.02. The molecular formula is C18H24FNO4. The molecule has 6 heteroatoms. The monoisotopic (exact) mass is 337 g/mol. The number of rotatable bonds is 3. The van der Waals surface area contributed by atoms with Gasteiger partial charge in [-0.05, 0) is 62.8 Å². The molecule has 1 fully saturated rings. The topological polar surface area (TPSA) is 66.8 Å². The zero-order valence-corrected chi connectivity index (χ0v) is 14.3. The Labute approximate surface area is 141 Å². The van der Waals surface area contributed by atoms with Crippen LogP contribution in [0.25, 0.3) is 0 Å². The number of carbonyl (C=O) groups excluding carboxylic acids is 1. The van der Waals surface area contributed by atoms with Gasteiger partial charge < -0.3 is 14.7 Å². The third-order valence-corrected chi connectivity index (χ3v) is 4.04. The number of amides is 1. The second-order valence-corrected chi connectivity index (χ2v) is 7.16. The molecule has 0 spiro atoms. The fourth-order valence-corrected chi connectivity index (χ4v) is 2.97. The Kier molecular flexibility index (Phi) is 5.47. The summed E-state index contributed by atoms with van der Waals surface area (Å²) < 4.78 is 19.0. The van der Waals surface area contributed by atoms with Crippen molar-refractivity contribution in [2.75, 3.05) is 13.1 Å². The standard InChI is InChI=1S/C18H24FNO4/c1-18(2,3)24-17(23)20-8-6-12(7-9-20)15-11-14(19)5-4-13(15)10-16(21)22/h4-5,11-12H,6-10H2,1-3H3,(H,21,22). The predicted octanol–water partition coefficient (Wildman–Crippen LogP) is 3.57. The number of carbonyl (C=O) groups is 2. The third kappa shape index (κ3) is 4.94. The SMILES string of the molecule is CC(C)(C)OC(=O)N1CCC(c2cc(F)ccc2CC(=O)O)CC1. The van der Waals surface area contributed by atoms with Crippen LogP contribution in [-0.4, -0.2) is 40.8 Å². The summed E-state index contributed by atoms with van der Waals surface area (Å²) in [5.41, 5.74) is 0.839. The number of ether oxygens (including phenoxy) is 1. The van der Waals surface area contributed by atoms with Gasteiger partial charge in [-0.3, -0.25) is 4.79 Å². The third-order valence-electron chi connectivity index (χ3n) is 4.04. The lowest BCUT2D eigenvalue weighted by Crippen LogP contribution is -2.41. The Balaban J connectivity index is 2.05. The Morgan fingerprint density at radius 1 is 1.29 bits per heavy atom. The minimum absolute atomic E-state index is 0.0498. The van der Waals surface area contributed by atoms with Crippen LogP contribution in [0.15, 0.2) is 18.2 Å². The summed E-state index contributed by atoms with van der Waals surface area (Å²) in [4.78, 5) is 24.7. The van der Waals surface area contributed by atoms with Crippen LogP contribution in [-0.2, 0) is 16.0 Å². The molecule has 1 amide bonds. The van der Waals surface area contributed by atoms with Gasteiger partial charge in [0.15, 0.2) is 0 Å². The van der Waals surface area contributed by atoms with Crippen molar-refractivity contribution in [1.82, 2.24) is 4.90 Å². The zero-order valence-electron chi connectivity index (χ0n) is 14.3. The Morgan fingerprint density at radius 2 is 1.92 bits per heavy atom. The van der Waals surface area contributed by atoms with Gasteiger partial charge in [-0.1, -0.05) is 6.07 Å². The van der Waals surface area contributed by atoms with Crippen molar-refractivity contribution in [1.29, 1.82) is 0 Å². The summed E-state index contributed by atoms with van der Waals surface area (Å²) in [7, 11) is 0. The molecule has 0 bridgehead atoms. The molecule has 1 aromatic rings. The molecule has 0 atom stereocenters. The van der Waals surface area contributed by atoms with Gasteiger partial charge in [0.2, 0.25) is 0 Å². The van der Waals surface area contributed by atoms with Crippen LogP contribution in [0.2, 0.25) is 0 Å². The molecule has 1 heterocycles. The van der Waals surface area contributed by atoms with Gasteiger partial charge in [-0.2, -0.15) is 0 Å². The van der Waals surface area contributed by atoms with Gasteiger partial charge in [0.05, 0.1) is 6.42 Å². The van der Waals surface area contributed by atoms with E-state index in [0.717, 1.165) is 5.56 Å². The van der Waals surface area contributed by atoms with Crippen molar-refractivity contribution in [3.05, 3.63) is 35.1 Å². The van der Waals surface area contributed by atoms with Gasteiger partial charge in [0.25, 0.3) is 0 Å². The quantitative estimate of drug-likeness (QED) is 0.916. The van der Waals surface area contributed by atoms with Crippen molar-refractivity contribution in [2.45, 2.75) is 51.6 Å². The summed E-state index contributed by atoms with van der Waals surface area (Å²) in [6.45, 7) is 6.50. The molecule has 0 aliphatic carbocycles. The van der Waals surface area contributed by atoms with E-state index in [1.165, 1.54) is 12.1 Å². The van der Waals surface area contributed by atoms with Crippen molar-refractivity contribution < 1.29 is 23.8 Å². The van der Waals surface area contributed by atoms with E-state index >= 15 is 0 Å². The molecule has 1 aliphatic heterocycles. The molecule has 0 radical (unpaired) electrons. The van der Waals surface area contributed by atoms with Crippen LogP contribution < -0.4 is 0 Å².